The molecule has 2 aromatic rings. The molecule has 2 aromatic carbocycles. The Morgan fingerprint density at radius 2 is 1.97 bits per heavy atom. The first-order valence-electron chi connectivity index (χ1n) is 12.3. The van der Waals surface area contributed by atoms with E-state index < -0.39 is 5.97 Å². The summed E-state index contributed by atoms with van der Waals surface area (Å²) in [5.74, 6) is -0.0629. The molecule has 2 aliphatic rings. The average Bonchev–Trinajstić information content (AvgIpc) is 3.29. The van der Waals surface area contributed by atoms with Gasteiger partial charge in [-0.1, -0.05) is 36.4 Å². The second-order valence-corrected chi connectivity index (χ2v) is 9.01. The highest BCUT2D eigenvalue weighted by atomic mass is 16.5. The van der Waals surface area contributed by atoms with Crippen LogP contribution in [0.25, 0.3) is 0 Å². The number of benzene rings is 2. The van der Waals surface area contributed by atoms with Gasteiger partial charge in [0.15, 0.2) is 0 Å². The van der Waals surface area contributed by atoms with Gasteiger partial charge in [-0.2, -0.15) is 0 Å². The topological polar surface area (TPSA) is 120 Å². The predicted molar refractivity (Wildman–Crippen MR) is 140 cm³/mol. The molecule has 0 saturated carbocycles. The molecule has 1 amide bonds. The number of rotatable bonds is 11. The van der Waals surface area contributed by atoms with Crippen LogP contribution in [0.15, 0.2) is 77.6 Å². The molecule has 0 radical (unpaired) electrons. The van der Waals surface area contributed by atoms with E-state index in [1.54, 1.807) is 18.2 Å². The maximum atomic E-state index is 11.5. The number of carbonyl (C=O) groups is 2. The number of aliphatic carboxylic acids is 1. The van der Waals surface area contributed by atoms with E-state index in [4.69, 9.17) is 19.9 Å². The van der Waals surface area contributed by atoms with E-state index in [0.29, 0.717) is 36.8 Å². The molecule has 8 nitrogen and oxygen atoms in total. The van der Waals surface area contributed by atoms with Gasteiger partial charge in [-0.25, -0.2) is 0 Å². The van der Waals surface area contributed by atoms with Gasteiger partial charge in [-0.15, -0.1) is 0 Å². The first kappa shape index (κ1) is 26.2. The number of carbonyl (C=O) groups excluding carboxylic acids is 1. The Morgan fingerprint density at radius 1 is 1.14 bits per heavy atom. The zero-order valence-corrected chi connectivity index (χ0v) is 21.0. The SMILES string of the molecule is CCOCC1=CC2=CC(COc3cc(NC(C)=O)ccc3CC(=O)O)=CC(c3cccc(CN)c3)C2O1. The molecule has 2 atom stereocenters. The molecule has 0 fully saturated rings. The number of nitrogens with two attached hydrogens (primary N) is 1. The number of fused-ring (bicyclic) bond motifs is 1. The van der Waals surface area contributed by atoms with E-state index >= 15 is 0 Å². The number of amides is 1. The van der Waals surface area contributed by atoms with Crippen molar-refractivity contribution in [3.05, 3.63) is 94.3 Å². The van der Waals surface area contributed by atoms with E-state index in [9.17, 15) is 14.7 Å². The van der Waals surface area contributed by atoms with Crippen molar-refractivity contribution in [3.8, 4) is 5.75 Å². The molecule has 1 heterocycles. The van der Waals surface area contributed by atoms with Crippen molar-refractivity contribution < 1.29 is 28.9 Å². The van der Waals surface area contributed by atoms with Gasteiger partial charge in [0.1, 0.15) is 30.8 Å². The standard InChI is InChI=1S/C29H32N2O6/c1-3-35-17-25-12-23-10-20(11-26(29(23)37-25)21-6-4-5-19(9-21)15-30)16-36-27-14-24(31-18(2)32)8-7-22(27)13-28(33)34/h4-12,14,26,29H,3,13,15-17,30H2,1-2H3,(H,31,32)(H,33,34). The minimum Gasteiger partial charge on any atom is -0.489 e. The first-order chi connectivity index (χ1) is 17.9. The van der Waals surface area contributed by atoms with Gasteiger partial charge in [0.05, 0.1) is 6.42 Å². The molecule has 2 unspecified atom stereocenters. The van der Waals surface area contributed by atoms with Crippen molar-refractivity contribution in [3.63, 3.8) is 0 Å². The minimum absolute atomic E-state index is 0.0651. The van der Waals surface area contributed by atoms with Crippen LogP contribution >= 0.6 is 0 Å². The van der Waals surface area contributed by atoms with E-state index in [2.05, 4.69) is 23.5 Å². The number of nitrogens with one attached hydrogen (secondary N) is 1. The largest absolute Gasteiger partial charge is 0.489 e. The fourth-order valence-corrected chi connectivity index (χ4v) is 4.52. The Labute approximate surface area is 216 Å². The number of anilines is 1. The number of carboxylic acids is 1. The van der Waals surface area contributed by atoms with Crippen molar-refractivity contribution in [2.75, 3.05) is 25.1 Å². The highest BCUT2D eigenvalue weighted by molar-refractivity contribution is 5.89. The summed E-state index contributed by atoms with van der Waals surface area (Å²) in [7, 11) is 0. The summed E-state index contributed by atoms with van der Waals surface area (Å²) >= 11 is 0. The Hall–Kier alpha value is -3.88. The Bertz CT molecular complexity index is 1260. The molecule has 8 heteroatoms. The second kappa shape index (κ2) is 11.9. The summed E-state index contributed by atoms with van der Waals surface area (Å²) in [6, 6.07) is 13.1. The summed E-state index contributed by atoms with van der Waals surface area (Å²) < 4.78 is 18.0. The van der Waals surface area contributed by atoms with E-state index in [1.165, 1.54) is 6.92 Å². The van der Waals surface area contributed by atoms with Crippen LogP contribution in [0, 0.1) is 0 Å². The minimum atomic E-state index is -0.964. The average molecular weight is 505 g/mol. The van der Waals surface area contributed by atoms with Crippen LogP contribution in [0.5, 0.6) is 5.75 Å². The van der Waals surface area contributed by atoms with Gasteiger partial charge in [-0.05, 0) is 47.4 Å². The predicted octanol–water partition coefficient (Wildman–Crippen LogP) is 4.08. The van der Waals surface area contributed by atoms with Crippen molar-refractivity contribution in [2.45, 2.75) is 38.8 Å². The third-order valence-corrected chi connectivity index (χ3v) is 6.15. The maximum absolute atomic E-state index is 11.5. The molecule has 0 aromatic heterocycles. The lowest BCUT2D eigenvalue weighted by Gasteiger charge is -2.28. The van der Waals surface area contributed by atoms with Crippen molar-refractivity contribution >= 4 is 17.6 Å². The Morgan fingerprint density at radius 3 is 2.70 bits per heavy atom. The van der Waals surface area contributed by atoms with Gasteiger partial charge in [0.2, 0.25) is 5.91 Å². The summed E-state index contributed by atoms with van der Waals surface area (Å²) in [6.45, 7) is 5.02. The molecule has 0 spiro atoms. The number of hydrogen-bond acceptors (Lipinski definition) is 6. The number of ether oxygens (including phenoxy) is 3. The van der Waals surface area contributed by atoms with Gasteiger partial charge < -0.3 is 30.4 Å². The molecule has 4 N–H and O–H groups in total. The maximum Gasteiger partial charge on any atom is 0.307 e. The summed E-state index contributed by atoms with van der Waals surface area (Å²) in [5.41, 5.74) is 11.0. The van der Waals surface area contributed by atoms with Crippen LogP contribution in [0.1, 0.15) is 36.5 Å². The highest BCUT2D eigenvalue weighted by Crippen LogP contribution is 2.40. The third kappa shape index (κ3) is 6.67. The third-order valence-electron chi connectivity index (χ3n) is 6.15. The van der Waals surface area contributed by atoms with Gasteiger partial charge >= 0.3 is 5.97 Å². The molecule has 194 valence electrons. The fourth-order valence-electron chi connectivity index (χ4n) is 4.52. The normalized spacial score (nSPS) is 18.2. The second-order valence-electron chi connectivity index (χ2n) is 9.01. The van der Waals surface area contributed by atoms with Gasteiger partial charge in [0, 0.05) is 43.3 Å². The molecule has 4 rings (SSSR count). The van der Waals surface area contributed by atoms with Crippen molar-refractivity contribution in [1.82, 2.24) is 0 Å². The van der Waals surface area contributed by atoms with Gasteiger partial charge in [-0.3, -0.25) is 9.59 Å². The first-order valence-corrected chi connectivity index (χ1v) is 12.3. The van der Waals surface area contributed by atoms with Crippen LogP contribution in [-0.2, 0) is 32.0 Å². The fraction of sp³-hybridized carbons (Fsp3) is 0.310. The molecular weight excluding hydrogens is 472 g/mol. The lowest BCUT2D eigenvalue weighted by Crippen LogP contribution is -2.23. The zero-order chi connectivity index (χ0) is 26.4. The highest BCUT2D eigenvalue weighted by Gasteiger charge is 2.34. The van der Waals surface area contributed by atoms with Crippen LogP contribution < -0.4 is 15.8 Å². The summed E-state index contributed by atoms with van der Waals surface area (Å²) in [5, 5.41) is 12.0. The molecule has 1 aliphatic carbocycles. The lowest BCUT2D eigenvalue weighted by atomic mass is 9.83. The zero-order valence-electron chi connectivity index (χ0n) is 21.0. The quantitative estimate of drug-likeness (QED) is 0.422. The molecule has 37 heavy (non-hydrogen) atoms. The smallest absolute Gasteiger partial charge is 0.307 e. The van der Waals surface area contributed by atoms with Crippen molar-refractivity contribution in [1.29, 1.82) is 0 Å². The lowest BCUT2D eigenvalue weighted by molar-refractivity contribution is -0.136. The van der Waals surface area contributed by atoms with Crippen LogP contribution in [-0.4, -0.2) is 42.9 Å². The summed E-state index contributed by atoms with van der Waals surface area (Å²) in [4.78, 5) is 22.9. The summed E-state index contributed by atoms with van der Waals surface area (Å²) in [6.07, 6.45) is 5.80. The number of hydrogen-bond donors (Lipinski definition) is 3. The van der Waals surface area contributed by atoms with Crippen molar-refractivity contribution in [2.24, 2.45) is 5.73 Å². The van der Waals surface area contributed by atoms with Crippen LogP contribution in [0.3, 0.4) is 0 Å². The van der Waals surface area contributed by atoms with Gasteiger partial charge in [0.25, 0.3) is 0 Å². The Kier molecular flexibility index (Phi) is 8.43. The van der Waals surface area contributed by atoms with Crippen LogP contribution in [0.4, 0.5) is 5.69 Å². The number of carboxylic acid groups (broad SMARTS) is 1. The monoisotopic (exact) mass is 504 g/mol. The molecule has 0 saturated heterocycles. The van der Waals surface area contributed by atoms with E-state index in [1.807, 2.05) is 31.2 Å². The Balaban J connectivity index is 1.63. The van der Waals surface area contributed by atoms with E-state index in [-0.39, 0.29) is 31.0 Å². The molecule has 0 bridgehead atoms. The van der Waals surface area contributed by atoms with Crippen LogP contribution in [0.2, 0.25) is 0 Å². The molecule has 1 aliphatic heterocycles. The van der Waals surface area contributed by atoms with E-state index in [0.717, 1.165) is 28.0 Å². The molecular formula is C29H32N2O6.